The van der Waals surface area contributed by atoms with Gasteiger partial charge < -0.3 is 5.73 Å². The van der Waals surface area contributed by atoms with Crippen molar-refractivity contribution in [3.05, 3.63) is 54.1 Å². The average molecular weight is 293 g/mol. The SMILES string of the molecule is CCC(N)c1ccc(-c2ccc(SC(F)F)cc2)cc1. The quantitative estimate of drug-likeness (QED) is 0.778. The summed E-state index contributed by atoms with van der Waals surface area (Å²) in [7, 11) is 0. The molecule has 0 aliphatic carbocycles. The molecule has 1 unspecified atom stereocenters. The van der Waals surface area contributed by atoms with Crippen LogP contribution in [0.15, 0.2) is 53.4 Å². The van der Waals surface area contributed by atoms with Gasteiger partial charge in [-0.25, -0.2) is 0 Å². The summed E-state index contributed by atoms with van der Waals surface area (Å²) in [6.45, 7) is 2.05. The normalized spacial score (nSPS) is 12.7. The van der Waals surface area contributed by atoms with Crippen LogP contribution >= 0.6 is 11.8 Å². The fourth-order valence-electron chi connectivity index (χ4n) is 1.99. The predicted octanol–water partition coefficient (Wildman–Crippen LogP) is 5.08. The molecule has 1 nitrogen and oxygen atoms in total. The number of alkyl halides is 2. The highest BCUT2D eigenvalue weighted by Gasteiger charge is 2.06. The van der Waals surface area contributed by atoms with E-state index in [0.717, 1.165) is 23.1 Å². The van der Waals surface area contributed by atoms with Crippen molar-refractivity contribution < 1.29 is 8.78 Å². The molecular weight excluding hydrogens is 276 g/mol. The summed E-state index contributed by atoms with van der Waals surface area (Å²) in [6, 6.07) is 15.3. The lowest BCUT2D eigenvalue weighted by atomic mass is 10.0. The molecule has 0 saturated carbocycles. The number of rotatable bonds is 5. The van der Waals surface area contributed by atoms with Gasteiger partial charge in [0.15, 0.2) is 0 Å². The van der Waals surface area contributed by atoms with Gasteiger partial charge >= 0.3 is 0 Å². The van der Waals surface area contributed by atoms with Crippen LogP contribution in [0.25, 0.3) is 11.1 Å². The fraction of sp³-hybridized carbons (Fsp3) is 0.250. The Morgan fingerprint density at radius 2 is 1.45 bits per heavy atom. The van der Waals surface area contributed by atoms with Gasteiger partial charge in [0.1, 0.15) is 0 Å². The number of thioether (sulfide) groups is 1. The Hall–Kier alpha value is -1.39. The molecule has 0 aliphatic rings. The number of halogens is 2. The van der Waals surface area contributed by atoms with E-state index in [4.69, 9.17) is 5.73 Å². The lowest BCUT2D eigenvalue weighted by Gasteiger charge is -2.10. The Morgan fingerprint density at radius 3 is 1.90 bits per heavy atom. The molecule has 0 bridgehead atoms. The minimum Gasteiger partial charge on any atom is -0.324 e. The van der Waals surface area contributed by atoms with Crippen LogP contribution < -0.4 is 5.73 Å². The van der Waals surface area contributed by atoms with Crippen molar-refractivity contribution in [1.29, 1.82) is 0 Å². The van der Waals surface area contributed by atoms with Gasteiger partial charge in [-0.05, 0) is 35.2 Å². The maximum absolute atomic E-state index is 12.2. The van der Waals surface area contributed by atoms with E-state index in [2.05, 4.69) is 6.92 Å². The van der Waals surface area contributed by atoms with Gasteiger partial charge in [0, 0.05) is 10.9 Å². The first kappa shape index (κ1) is 15.0. The van der Waals surface area contributed by atoms with Crippen LogP contribution in [0.2, 0.25) is 0 Å². The van der Waals surface area contributed by atoms with E-state index in [1.807, 2.05) is 36.4 Å². The monoisotopic (exact) mass is 293 g/mol. The zero-order valence-corrected chi connectivity index (χ0v) is 12.0. The second-order valence-corrected chi connectivity index (χ2v) is 5.60. The highest BCUT2D eigenvalue weighted by atomic mass is 32.2. The molecule has 0 saturated heterocycles. The zero-order chi connectivity index (χ0) is 14.5. The minimum atomic E-state index is -2.38. The van der Waals surface area contributed by atoms with E-state index in [-0.39, 0.29) is 6.04 Å². The second-order valence-electron chi connectivity index (χ2n) is 4.54. The van der Waals surface area contributed by atoms with Crippen molar-refractivity contribution in [2.45, 2.75) is 30.0 Å². The first-order valence-electron chi connectivity index (χ1n) is 6.51. The lowest BCUT2D eigenvalue weighted by Crippen LogP contribution is -2.07. The third-order valence-corrected chi connectivity index (χ3v) is 3.91. The average Bonchev–Trinajstić information content (AvgIpc) is 2.47. The molecule has 1 atom stereocenters. The van der Waals surface area contributed by atoms with E-state index in [1.54, 1.807) is 12.1 Å². The first-order chi connectivity index (χ1) is 9.60. The Morgan fingerprint density at radius 1 is 0.950 bits per heavy atom. The summed E-state index contributed by atoms with van der Waals surface area (Å²) in [5, 5.41) is 0. The molecule has 0 radical (unpaired) electrons. The molecular formula is C16H17F2NS. The molecule has 0 heterocycles. The molecule has 0 fully saturated rings. The Balaban J connectivity index is 2.15. The number of hydrogen-bond donors (Lipinski definition) is 1. The van der Waals surface area contributed by atoms with Crippen LogP contribution in [0, 0.1) is 0 Å². The first-order valence-corrected chi connectivity index (χ1v) is 7.39. The van der Waals surface area contributed by atoms with Crippen LogP contribution in [-0.2, 0) is 0 Å². The minimum absolute atomic E-state index is 0.0638. The van der Waals surface area contributed by atoms with E-state index < -0.39 is 5.76 Å². The van der Waals surface area contributed by atoms with Gasteiger partial charge in [0.05, 0.1) is 0 Å². The Labute approximate surface area is 122 Å². The summed E-state index contributed by atoms with van der Waals surface area (Å²) in [6.07, 6.45) is 0.902. The van der Waals surface area contributed by atoms with Gasteiger partial charge in [-0.2, -0.15) is 8.78 Å². The maximum Gasteiger partial charge on any atom is 0.288 e. The summed E-state index contributed by atoms with van der Waals surface area (Å²) in [5.41, 5.74) is 9.16. The molecule has 2 N–H and O–H groups in total. The molecule has 0 amide bonds. The van der Waals surface area contributed by atoms with Crippen LogP contribution in [0.3, 0.4) is 0 Å². The van der Waals surface area contributed by atoms with Gasteiger partial charge in [0.25, 0.3) is 5.76 Å². The number of nitrogens with two attached hydrogens (primary N) is 1. The maximum atomic E-state index is 12.2. The second kappa shape index (κ2) is 6.86. The van der Waals surface area contributed by atoms with E-state index in [0.29, 0.717) is 16.7 Å². The molecule has 0 aromatic heterocycles. The molecule has 0 spiro atoms. The Kier molecular flexibility index (Phi) is 5.15. The van der Waals surface area contributed by atoms with Gasteiger partial charge in [-0.3, -0.25) is 0 Å². The van der Waals surface area contributed by atoms with Gasteiger partial charge in [-0.15, -0.1) is 0 Å². The Bertz CT molecular complexity index is 537. The lowest BCUT2D eigenvalue weighted by molar-refractivity contribution is 0.252. The molecule has 2 aromatic rings. The summed E-state index contributed by atoms with van der Waals surface area (Å²) in [5.74, 6) is -2.38. The van der Waals surface area contributed by atoms with E-state index in [1.165, 1.54) is 0 Å². The van der Waals surface area contributed by atoms with Crippen LogP contribution in [-0.4, -0.2) is 5.76 Å². The van der Waals surface area contributed by atoms with Crippen molar-refractivity contribution >= 4 is 11.8 Å². The molecule has 20 heavy (non-hydrogen) atoms. The van der Waals surface area contributed by atoms with E-state index >= 15 is 0 Å². The van der Waals surface area contributed by atoms with Crippen molar-refractivity contribution in [2.75, 3.05) is 0 Å². The smallest absolute Gasteiger partial charge is 0.288 e. The molecule has 106 valence electrons. The third-order valence-electron chi connectivity index (χ3n) is 3.19. The molecule has 4 heteroatoms. The fourth-order valence-corrected chi connectivity index (χ4v) is 2.49. The summed E-state index contributed by atoms with van der Waals surface area (Å²) in [4.78, 5) is 0.577. The predicted molar refractivity (Wildman–Crippen MR) is 81.0 cm³/mol. The van der Waals surface area contributed by atoms with Crippen LogP contribution in [0.4, 0.5) is 8.78 Å². The highest BCUT2D eigenvalue weighted by molar-refractivity contribution is 7.99. The molecule has 2 aromatic carbocycles. The van der Waals surface area contributed by atoms with Crippen LogP contribution in [0.1, 0.15) is 24.9 Å². The van der Waals surface area contributed by atoms with Gasteiger partial charge in [0.2, 0.25) is 0 Å². The van der Waals surface area contributed by atoms with Gasteiger partial charge in [-0.1, -0.05) is 55.1 Å². The summed E-state index contributed by atoms with van der Waals surface area (Å²) < 4.78 is 24.5. The zero-order valence-electron chi connectivity index (χ0n) is 11.2. The van der Waals surface area contributed by atoms with Crippen LogP contribution in [0.5, 0.6) is 0 Å². The largest absolute Gasteiger partial charge is 0.324 e. The number of benzene rings is 2. The highest BCUT2D eigenvalue weighted by Crippen LogP contribution is 2.28. The molecule has 2 rings (SSSR count). The molecule has 0 aliphatic heterocycles. The third kappa shape index (κ3) is 3.81. The summed E-state index contributed by atoms with van der Waals surface area (Å²) >= 11 is 0.562. The van der Waals surface area contributed by atoms with Crippen molar-refractivity contribution in [3.63, 3.8) is 0 Å². The van der Waals surface area contributed by atoms with Crippen molar-refractivity contribution in [1.82, 2.24) is 0 Å². The number of hydrogen-bond acceptors (Lipinski definition) is 2. The van der Waals surface area contributed by atoms with E-state index in [9.17, 15) is 8.78 Å². The topological polar surface area (TPSA) is 26.0 Å². The van der Waals surface area contributed by atoms with Crippen molar-refractivity contribution in [2.24, 2.45) is 5.73 Å². The van der Waals surface area contributed by atoms with Crippen molar-refractivity contribution in [3.8, 4) is 11.1 Å². The standard InChI is InChI=1S/C16H17F2NS/c1-2-15(19)13-5-3-11(4-6-13)12-7-9-14(10-8-12)20-16(17)18/h3-10,15-16H,2,19H2,1H3.